The van der Waals surface area contributed by atoms with Crippen LogP contribution in [0.4, 0.5) is 5.69 Å². The van der Waals surface area contributed by atoms with Crippen molar-refractivity contribution in [1.82, 2.24) is 5.32 Å². The van der Waals surface area contributed by atoms with E-state index in [0.717, 1.165) is 31.1 Å². The van der Waals surface area contributed by atoms with Crippen LogP contribution in [0.1, 0.15) is 51.2 Å². The average molecular weight is 314 g/mol. The summed E-state index contributed by atoms with van der Waals surface area (Å²) in [5, 5.41) is 3.44. The van der Waals surface area contributed by atoms with Gasteiger partial charge in [-0.15, -0.1) is 0 Å². The maximum absolute atomic E-state index is 12.5. The second kappa shape index (κ2) is 7.04. The zero-order valence-electron chi connectivity index (χ0n) is 14.8. The Bertz CT molecular complexity index is 561. The van der Waals surface area contributed by atoms with Gasteiger partial charge in [0.1, 0.15) is 0 Å². The molecule has 0 aromatic heterocycles. The van der Waals surface area contributed by atoms with Crippen molar-refractivity contribution >= 4 is 11.6 Å². The Kier molecular flexibility index (Phi) is 5.05. The largest absolute Gasteiger partial charge is 0.317 e. The van der Waals surface area contributed by atoms with Gasteiger partial charge in [-0.05, 0) is 74.7 Å². The number of nitrogens with one attached hydrogen (secondary N) is 1. The molecule has 2 aliphatic heterocycles. The number of piperidine rings is 1. The molecule has 1 saturated heterocycles. The van der Waals surface area contributed by atoms with Crippen LogP contribution < -0.4 is 10.2 Å². The number of hydrogen-bond donors (Lipinski definition) is 1. The van der Waals surface area contributed by atoms with Gasteiger partial charge in [-0.1, -0.05) is 26.0 Å². The molecule has 23 heavy (non-hydrogen) atoms. The fourth-order valence-electron chi connectivity index (χ4n) is 4.06. The van der Waals surface area contributed by atoms with Crippen LogP contribution in [0.3, 0.4) is 0 Å². The van der Waals surface area contributed by atoms with Crippen molar-refractivity contribution in [1.29, 1.82) is 0 Å². The Morgan fingerprint density at radius 3 is 2.74 bits per heavy atom. The van der Waals surface area contributed by atoms with Crippen LogP contribution in [-0.2, 0) is 17.6 Å². The van der Waals surface area contributed by atoms with E-state index >= 15 is 0 Å². The fraction of sp³-hybridized carbons (Fsp3) is 0.650. The van der Waals surface area contributed by atoms with E-state index in [1.165, 1.54) is 30.4 Å². The second-order valence-corrected chi connectivity index (χ2v) is 7.78. The summed E-state index contributed by atoms with van der Waals surface area (Å²) < 4.78 is 0. The van der Waals surface area contributed by atoms with Gasteiger partial charge in [-0.2, -0.15) is 0 Å². The third-order valence-corrected chi connectivity index (χ3v) is 5.19. The van der Waals surface area contributed by atoms with E-state index in [1.807, 2.05) is 4.90 Å². The van der Waals surface area contributed by atoms with Gasteiger partial charge < -0.3 is 10.2 Å². The number of hydrogen-bond acceptors (Lipinski definition) is 2. The monoisotopic (exact) mass is 314 g/mol. The quantitative estimate of drug-likeness (QED) is 0.922. The minimum absolute atomic E-state index is 0.275. The van der Waals surface area contributed by atoms with Crippen LogP contribution in [0, 0.1) is 11.8 Å². The highest BCUT2D eigenvalue weighted by Crippen LogP contribution is 2.34. The van der Waals surface area contributed by atoms with Crippen LogP contribution in [0.5, 0.6) is 0 Å². The Labute approximate surface area is 140 Å². The number of carbonyl (C=O) groups is 1. The molecule has 1 aromatic carbocycles. The molecule has 1 atom stereocenters. The smallest absolute Gasteiger partial charge is 0.227 e. The molecule has 0 bridgehead atoms. The molecular weight excluding hydrogens is 284 g/mol. The molecule has 3 heteroatoms. The van der Waals surface area contributed by atoms with E-state index in [1.54, 1.807) is 0 Å². The number of nitrogens with zero attached hydrogens (tertiary/aromatic N) is 1. The Morgan fingerprint density at radius 2 is 2.04 bits per heavy atom. The zero-order chi connectivity index (χ0) is 16.4. The van der Waals surface area contributed by atoms with Gasteiger partial charge in [0, 0.05) is 18.2 Å². The SMILES string of the molecule is CC(C)CC(=O)N1c2ccc(CC3CCNCC3)cc2CC1C. The summed E-state index contributed by atoms with van der Waals surface area (Å²) in [5.74, 6) is 1.50. The first-order chi connectivity index (χ1) is 11.0. The third kappa shape index (κ3) is 3.77. The lowest BCUT2D eigenvalue weighted by Crippen LogP contribution is -2.36. The molecule has 1 unspecified atom stereocenters. The molecule has 1 fully saturated rings. The molecule has 2 heterocycles. The van der Waals surface area contributed by atoms with Gasteiger partial charge in [-0.25, -0.2) is 0 Å². The number of amides is 1. The number of anilines is 1. The predicted octanol–water partition coefficient (Wildman–Crippen LogP) is 3.55. The predicted molar refractivity (Wildman–Crippen MR) is 95.8 cm³/mol. The molecule has 0 radical (unpaired) electrons. The van der Waals surface area contributed by atoms with E-state index in [-0.39, 0.29) is 5.91 Å². The van der Waals surface area contributed by atoms with Crippen LogP contribution in [0.25, 0.3) is 0 Å². The maximum Gasteiger partial charge on any atom is 0.227 e. The summed E-state index contributed by atoms with van der Waals surface area (Å²) >= 11 is 0. The van der Waals surface area contributed by atoms with Crippen molar-refractivity contribution in [3.05, 3.63) is 29.3 Å². The van der Waals surface area contributed by atoms with Crippen molar-refractivity contribution in [3.8, 4) is 0 Å². The van der Waals surface area contributed by atoms with Gasteiger partial charge in [0.05, 0.1) is 0 Å². The molecule has 2 aliphatic rings. The lowest BCUT2D eigenvalue weighted by atomic mass is 9.90. The van der Waals surface area contributed by atoms with E-state index in [0.29, 0.717) is 18.4 Å². The molecule has 0 saturated carbocycles. The molecule has 0 aliphatic carbocycles. The lowest BCUT2D eigenvalue weighted by Gasteiger charge is -2.24. The third-order valence-electron chi connectivity index (χ3n) is 5.19. The Morgan fingerprint density at radius 1 is 1.30 bits per heavy atom. The molecule has 1 N–H and O–H groups in total. The van der Waals surface area contributed by atoms with Gasteiger partial charge in [0.25, 0.3) is 0 Å². The first-order valence-corrected chi connectivity index (χ1v) is 9.19. The van der Waals surface area contributed by atoms with Crippen LogP contribution in [0.2, 0.25) is 0 Å². The number of carbonyl (C=O) groups excluding carboxylic acids is 1. The highest BCUT2D eigenvalue weighted by atomic mass is 16.2. The summed E-state index contributed by atoms with van der Waals surface area (Å²) in [6, 6.07) is 7.09. The highest BCUT2D eigenvalue weighted by Gasteiger charge is 2.31. The van der Waals surface area contributed by atoms with E-state index < -0.39 is 0 Å². The maximum atomic E-state index is 12.5. The number of benzene rings is 1. The summed E-state index contributed by atoms with van der Waals surface area (Å²) in [4.78, 5) is 14.6. The van der Waals surface area contributed by atoms with E-state index in [2.05, 4.69) is 44.3 Å². The molecule has 3 rings (SSSR count). The molecular formula is C20H30N2O. The first kappa shape index (κ1) is 16.5. The van der Waals surface area contributed by atoms with Crippen LogP contribution >= 0.6 is 0 Å². The van der Waals surface area contributed by atoms with Gasteiger partial charge in [-0.3, -0.25) is 4.79 Å². The van der Waals surface area contributed by atoms with Crippen molar-refractivity contribution < 1.29 is 4.79 Å². The Hall–Kier alpha value is -1.35. The minimum Gasteiger partial charge on any atom is -0.317 e. The lowest BCUT2D eigenvalue weighted by molar-refractivity contribution is -0.119. The summed E-state index contributed by atoms with van der Waals surface area (Å²) in [6.07, 6.45) is 5.39. The molecule has 3 nitrogen and oxygen atoms in total. The second-order valence-electron chi connectivity index (χ2n) is 7.78. The van der Waals surface area contributed by atoms with Crippen LogP contribution in [-0.4, -0.2) is 25.0 Å². The molecule has 1 aromatic rings. The molecule has 126 valence electrons. The number of fused-ring (bicyclic) bond motifs is 1. The zero-order valence-corrected chi connectivity index (χ0v) is 14.8. The fourth-order valence-corrected chi connectivity index (χ4v) is 4.06. The van der Waals surface area contributed by atoms with Crippen molar-refractivity contribution in [2.45, 2.75) is 58.9 Å². The Balaban J connectivity index is 1.73. The van der Waals surface area contributed by atoms with Gasteiger partial charge in [0.15, 0.2) is 0 Å². The van der Waals surface area contributed by atoms with E-state index in [4.69, 9.17) is 0 Å². The van der Waals surface area contributed by atoms with Gasteiger partial charge >= 0.3 is 0 Å². The number of rotatable bonds is 4. The normalized spacial score (nSPS) is 21.7. The van der Waals surface area contributed by atoms with E-state index in [9.17, 15) is 4.79 Å². The molecule has 1 amide bonds. The first-order valence-electron chi connectivity index (χ1n) is 9.19. The van der Waals surface area contributed by atoms with Gasteiger partial charge in [0.2, 0.25) is 5.91 Å². The topological polar surface area (TPSA) is 32.3 Å². The highest BCUT2D eigenvalue weighted by molar-refractivity contribution is 5.96. The van der Waals surface area contributed by atoms with Crippen molar-refractivity contribution in [2.75, 3.05) is 18.0 Å². The average Bonchev–Trinajstić information content (AvgIpc) is 2.82. The molecule has 0 spiro atoms. The minimum atomic E-state index is 0.275. The summed E-state index contributed by atoms with van der Waals surface area (Å²) in [6.45, 7) is 8.71. The summed E-state index contributed by atoms with van der Waals surface area (Å²) in [5.41, 5.74) is 3.96. The van der Waals surface area contributed by atoms with Crippen LogP contribution in [0.15, 0.2) is 18.2 Å². The summed E-state index contributed by atoms with van der Waals surface area (Å²) in [7, 11) is 0. The van der Waals surface area contributed by atoms with Crippen molar-refractivity contribution in [2.24, 2.45) is 11.8 Å². The standard InChI is InChI=1S/C20H30N2O/c1-14(2)10-20(23)22-15(3)11-18-13-17(4-5-19(18)22)12-16-6-8-21-9-7-16/h4-5,13-16,21H,6-12H2,1-3H3. The van der Waals surface area contributed by atoms with Crippen molar-refractivity contribution in [3.63, 3.8) is 0 Å².